The van der Waals surface area contributed by atoms with E-state index in [-0.39, 0.29) is 6.03 Å². The van der Waals surface area contributed by atoms with Crippen molar-refractivity contribution in [3.05, 3.63) is 53.7 Å². The molecule has 0 bridgehead atoms. The van der Waals surface area contributed by atoms with Gasteiger partial charge in [-0.1, -0.05) is 37.1 Å². The third-order valence-corrected chi connectivity index (χ3v) is 6.89. The van der Waals surface area contributed by atoms with Gasteiger partial charge in [0.2, 0.25) is 0 Å². The lowest BCUT2D eigenvalue weighted by Gasteiger charge is -2.38. The monoisotopic (exact) mass is 405 g/mol. The van der Waals surface area contributed by atoms with Crippen LogP contribution in [0.4, 0.5) is 16.3 Å². The lowest BCUT2D eigenvalue weighted by Crippen LogP contribution is -2.50. The maximum absolute atomic E-state index is 12.8. The second-order valence-electron chi connectivity index (χ2n) is 8.73. The zero-order valence-electron chi connectivity index (χ0n) is 17.6. The Morgan fingerprint density at radius 3 is 2.53 bits per heavy atom. The number of urea groups is 1. The quantitative estimate of drug-likeness (QED) is 0.845. The molecule has 2 aromatic rings. The average Bonchev–Trinajstić information content (AvgIpc) is 3.34. The van der Waals surface area contributed by atoms with E-state index in [1.807, 2.05) is 23.1 Å². The number of aromatic nitrogens is 1. The molecule has 2 aliphatic heterocycles. The van der Waals surface area contributed by atoms with E-state index in [2.05, 4.69) is 38.3 Å². The van der Waals surface area contributed by atoms with Crippen molar-refractivity contribution < 1.29 is 4.79 Å². The van der Waals surface area contributed by atoms with Crippen LogP contribution < -0.4 is 10.2 Å². The number of rotatable bonds is 3. The van der Waals surface area contributed by atoms with Gasteiger partial charge in [0.25, 0.3) is 0 Å². The van der Waals surface area contributed by atoms with Gasteiger partial charge < -0.3 is 15.1 Å². The number of hydrogen-bond donors (Lipinski definition) is 1. The van der Waals surface area contributed by atoms with E-state index in [0.717, 1.165) is 56.7 Å². The Balaban J connectivity index is 1.19. The van der Waals surface area contributed by atoms with Gasteiger partial charge >= 0.3 is 6.03 Å². The number of amides is 2. The molecule has 5 rings (SSSR count). The summed E-state index contributed by atoms with van der Waals surface area (Å²) in [6, 6.07) is 13.0. The maximum atomic E-state index is 12.8. The van der Waals surface area contributed by atoms with Crippen LogP contribution in [-0.2, 0) is 13.0 Å². The fourth-order valence-electron chi connectivity index (χ4n) is 5.13. The topological polar surface area (TPSA) is 51.7 Å². The molecule has 1 N–H and O–H groups in total. The molecule has 6 nitrogen and oxygen atoms in total. The summed E-state index contributed by atoms with van der Waals surface area (Å²) in [5.41, 5.74) is 3.42. The average molecular weight is 406 g/mol. The molecule has 2 fully saturated rings. The van der Waals surface area contributed by atoms with Crippen LogP contribution in [0.1, 0.15) is 36.8 Å². The molecule has 0 atom stereocenters. The molecular formula is C24H31N5O. The van der Waals surface area contributed by atoms with Gasteiger partial charge in [-0.25, -0.2) is 9.78 Å². The lowest BCUT2D eigenvalue weighted by atomic mass is 10.0. The SMILES string of the molecule is O=C(Nc1ccnc(N2CCN(C3CCCC3)CC2)c1)N1CCc2ccccc2C1. The Morgan fingerprint density at radius 2 is 1.73 bits per heavy atom. The summed E-state index contributed by atoms with van der Waals surface area (Å²) >= 11 is 0. The molecule has 0 unspecified atom stereocenters. The summed E-state index contributed by atoms with van der Waals surface area (Å²) in [6.45, 7) is 5.65. The molecule has 1 aromatic carbocycles. The molecule has 3 heterocycles. The largest absolute Gasteiger partial charge is 0.354 e. The standard InChI is InChI=1S/C24H31N5O/c30-24(29-12-10-19-5-1-2-6-20(19)18-29)26-21-9-11-25-23(17-21)28-15-13-27(14-16-28)22-7-3-4-8-22/h1-2,5-6,9,11,17,22H,3-4,7-8,10,12-16,18H2,(H,25,26,30). The van der Waals surface area contributed by atoms with Crippen LogP contribution in [-0.4, -0.2) is 59.6 Å². The highest BCUT2D eigenvalue weighted by Gasteiger charge is 2.27. The van der Waals surface area contributed by atoms with Gasteiger partial charge in [0.15, 0.2) is 0 Å². The highest BCUT2D eigenvalue weighted by molar-refractivity contribution is 5.89. The molecule has 6 heteroatoms. The van der Waals surface area contributed by atoms with Crippen LogP contribution in [0, 0.1) is 0 Å². The summed E-state index contributed by atoms with van der Waals surface area (Å²) in [6.07, 6.45) is 8.21. The first-order chi connectivity index (χ1) is 14.8. The number of fused-ring (bicyclic) bond motifs is 1. The van der Waals surface area contributed by atoms with Gasteiger partial charge in [0.05, 0.1) is 0 Å². The van der Waals surface area contributed by atoms with Crippen molar-refractivity contribution in [2.75, 3.05) is 42.9 Å². The minimum atomic E-state index is -0.0345. The zero-order chi connectivity index (χ0) is 20.3. The smallest absolute Gasteiger partial charge is 0.322 e. The summed E-state index contributed by atoms with van der Waals surface area (Å²) < 4.78 is 0. The van der Waals surface area contributed by atoms with Crippen molar-refractivity contribution in [2.24, 2.45) is 0 Å². The summed E-state index contributed by atoms with van der Waals surface area (Å²) in [7, 11) is 0. The molecule has 3 aliphatic rings. The van der Waals surface area contributed by atoms with Crippen molar-refractivity contribution in [1.29, 1.82) is 0 Å². The molecule has 0 radical (unpaired) electrons. The predicted molar refractivity (Wildman–Crippen MR) is 120 cm³/mol. The zero-order valence-corrected chi connectivity index (χ0v) is 17.6. The fourth-order valence-corrected chi connectivity index (χ4v) is 5.13. The van der Waals surface area contributed by atoms with E-state index in [1.54, 1.807) is 6.20 Å². The van der Waals surface area contributed by atoms with Gasteiger partial charge in [0, 0.05) is 63.3 Å². The molecule has 1 saturated heterocycles. The van der Waals surface area contributed by atoms with Gasteiger partial charge in [0.1, 0.15) is 5.82 Å². The van der Waals surface area contributed by atoms with Crippen molar-refractivity contribution in [1.82, 2.24) is 14.8 Å². The van der Waals surface area contributed by atoms with Crippen molar-refractivity contribution >= 4 is 17.5 Å². The van der Waals surface area contributed by atoms with Crippen molar-refractivity contribution in [3.8, 4) is 0 Å². The maximum Gasteiger partial charge on any atom is 0.322 e. The van der Waals surface area contributed by atoms with E-state index >= 15 is 0 Å². The number of carbonyl (C=O) groups excluding carboxylic acids is 1. The van der Waals surface area contributed by atoms with E-state index in [0.29, 0.717) is 6.54 Å². The first-order valence-electron chi connectivity index (χ1n) is 11.3. The third-order valence-electron chi connectivity index (χ3n) is 6.89. The van der Waals surface area contributed by atoms with Gasteiger partial charge in [-0.05, 0) is 36.5 Å². The Bertz CT molecular complexity index is 887. The first kappa shape index (κ1) is 19.4. The van der Waals surface area contributed by atoms with Gasteiger partial charge in [-0.3, -0.25) is 4.90 Å². The van der Waals surface area contributed by atoms with E-state index in [1.165, 1.54) is 36.8 Å². The van der Waals surface area contributed by atoms with Gasteiger partial charge in [-0.15, -0.1) is 0 Å². The number of hydrogen-bond acceptors (Lipinski definition) is 4. The van der Waals surface area contributed by atoms with Crippen LogP contribution in [0.5, 0.6) is 0 Å². The van der Waals surface area contributed by atoms with Crippen molar-refractivity contribution in [2.45, 2.75) is 44.7 Å². The van der Waals surface area contributed by atoms with E-state index in [9.17, 15) is 4.79 Å². The first-order valence-corrected chi connectivity index (χ1v) is 11.3. The summed E-state index contributed by atoms with van der Waals surface area (Å²) in [5, 5.41) is 3.09. The van der Waals surface area contributed by atoms with Crippen LogP contribution >= 0.6 is 0 Å². The Labute approximate surface area is 178 Å². The predicted octanol–water partition coefficient (Wildman–Crippen LogP) is 3.74. The number of piperazine rings is 1. The van der Waals surface area contributed by atoms with Crippen LogP contribution in [0.2, 0.25) is 0 Å². The molecule has 2 amide bonds. The summed E-state index contributed by atoms with van der Waals surface area (Å²) in [4.78, 5) is 24.3. The Kier molecular flexibility index (Phi) is 5.58. The number of anilines is 2. The minimum absolute atomic E-state index is 0.0345. The Hall–Kier alpha value is -2.60. The minimum Gasteiger partial charge on any atom is -0.354 e. The molecule has 158 valence electrons. The van der Waals surface area contributed by atoms with Crippen LogP contribution in [0.3, 0.4) is 0 Å². The Morgan fingerprint density at radius 1 is 0.967 bits per heavy atom. The molecule has 1 saturated carbocycles. The second kappa shape index (κ2) is 8.64. The van der Waals surface area contributed by atoms with Gasteiger partial charge in [-0.2, -0.15) is 0 Å². The molecule has 1 aliphatic carbocycles. The number of benzene rings is 1. The highest BCUT2D eigenvalue weighted by Crippen LogP contribution is 2.26. The van der Waals surface area contributed by atoms with Crippen LogP contribution in [0.25, 0.3) is 0 Å². The number of nitrogens with zero attached hydrogens (tertiary/aromatic N) is 4. The molecular weight excluding hydrogens is 374 g/mol. The molecule has 30 heavy (non-hydrogen) atoms. The molecule has 0 spiro atoms. The lowest BCUT2D eigenvalue weighted by molar-refractivity contribution is 0.187. The van der Waals surface area contributed by atoms with E-state index in [4.69, 9.17) is 0 Å². The normalized spacial score (nSPS) is 20.3. The highest BCUT2D eigenvalue weighted by atomic mass is 16.2. The third kappa shape index (κ3) is 4.15. The number of carbonyl (C=O) groups is 1. The second-order valence-corrected chi connectivity index (χ2v) is 8.73. The summed E-state index contributed by atoms with van der Waals surface area (Å²) in [5.74, 6) is 0.961. The number of pyridine rings is 1. The number of nitrogens with one attached hydrogen (secondary N) is 1. The van der Waals surface area contributed by atoms with E-state index < -0.39 is 0 Å². The molecule has 1 aromatic heterocycles. The van der Waals surface area contributed by atoms with Crippen molar-refractivity contribution in [3.63, 3.8) is 0 Å². The fraction of sp³-hybridized carbons (Fsp3) is 0.500. The van der Waals surface area contributed by atoms with Crippen LogP contribution in [0.15, 0.2) is 42.6 Å².